The molecule has 1 aliphatic heterocycles. The highest BCUT2D eigenvalue weighted by Crippen LogP contribution is 2.32. The molecule has 24 heavy (non-hydrogen) atoms. The van der Waals surface area contributed by atoms with Crippen LogP contribution in [0.25, 0.3) is 0 Å². The predicted octanol–water partition coefficient (Wildman–Crippen LogP) is 3.35. The molecule has 6 heteroatoms. The molecule has 2 N–H and O–H groups in total. The van der Waals surface area contributed by atoms with Gasteiger partial charge in [-0.15, -0.1) is 0 Å². The van der Waals surface area contributed by atoms with Crippen LogP contribution in [0.1, 0.15) is 18.5 Å². The van der Waals surface area contributed by atoms with Gasteiger partial charge in [0.2, 0.25) is 0 Å². The lowest BCUT2D eigenvalue weighted by molar-refractivity contribution is 0.171. The largest absolute Gasteiger partial charge is 0.497 e. The highest BCUT2D eigenvalue weighted by atomic mass is 16.6. The van der Waals surface area contributed by atoms with Crippen LogP contribution in [0.4, 0.5) is 10.5 Å². The van der Waals surface area contributed by atoms with Gasteiger partial charge in [0.05, 0.1) is 13.2 Å². The minimum Gasteiger partial charge on any atom is -0.497 e. The van der Waals surface area contributed by atoms with Gasteiger partial charge < -0.3 is 24.8 Å². The Hall–Kier alpha value is -2.89. The van der Waals surface area contributed by atoms with Gasteiger partial charge in [0, 0.05) is 5.69 Å². The molecule has 0 spiro atoms. The Morgan fingerprint density at radius 2 is 1.79 bits per heavy atom. The normalized spacial score (nSPS) is 13.8. The highest BCUT2D eigenvalue weighted by molar-refractivity contribution is 5.89. The average molecular weight is 328 g/mol. The van der Waals surface area contributed by atoms with E-state index in [1.165, 1.54) is 0 Å². The number of carbonyl (C=O) groups excluding carboxylic acids is 1. The maximum absolute atomic E-state index is 12.1. The van der Waals surface area contributed by atoms with Gasteiger partial charge in [-0.25, -0.2) is 4.79 Å². The average Bonchev–Trinajstić information content (AvgIpc) is 2.61. The van der Waals surface area contributed by atoms with E-state index in [1.54, 1.807) is 31.4 Å². The third-order valence-corrected chi connectivity index (χ3v) is 3.76. The maximum Gasteiger partial charge on any atom is 0.319 e. The molecule has 0 saturated carbocycles. The number of anilines is 1. The van der Waals surface area contributed by atoms with Gasteiger partial charge in [-0.05, 0) is 48.9 Å². The van der Waals surface area contributed by atoms with Crippen molar-refractivity contribution in [3.8, 4) is 17.2 Å². The van der Waals surface area contributed by atoms with Crippen molar-refractivity contribution in [3.63, 3.8) is 0 Å². The first kappa shape index (κ1) is 16.0. The lowest BCUT2D eigenvalue weighted by Gasteiger charge is -2.21. The molecule has 1 unspecified atom stereocenters. The number of rotatable bonds is 4. The van der Waals surface area contributed by atoms with E-state index in [2.05, 4.69) is 10.6 Å². The zero-order valence-corrected chi connectivity index (χ0v) is 13.7. The molecule has 0 saturated heterocycles. The van der Waals surface area contributed by atoms with Crippen LogP contribution in [-0.4, -0.2) is 26.4 Å². The van der Waals surface area contributed by atoms with Crippen LogP contribution in [0.15, 0.2) is 42.5 Å². The van der Waals surface area contributed by atoms with Gasteiger partial charge >= 0.3 is 6.03 Å². The number of urea groups is 1. The van der Waals surface area contributed by atoms with E-state index < -0.39 is 0 Å². The first-order chi connectivity index (χ1) is 11.7. The van der Waals surface area contributed by atoms with E-state index >= 15 is 0 Å². The molecule has 0 aliphatic carbocycles. The fourth-order valence-corrected chi connectivity index (χ4v) is 2.45. The molecule has 0 fully saturated rings. The summed E-state index contributed by atoms with van der Waals surface area (Å²) in [4.78, 5) is 12.1. The van der Waals surface area contributed by atoms with E-state index in [4.69, 9.17) is 14.2 Å². The third kappa shape index (κ3) is 3.71. The van der Waals surface area contributed by atoms with Crippen molar-refractivity contribution in [2.75, 3.05) is 25.6 Å². The quantitative estimate of drug-likeness (QED) is 0.903. The van der Waals surface area contributed by atoms with E-state index in [1.807, 2.05) is 25.1 Å². The summed E-state index contributed by atoms with van der Waals surface area (Å²) in [6.45, 7) is 3.01. The number of fused-ring (bicyclic) bond motifs is 1. The van der Waals surface area contributed by atoms with Crippen LogP contribution in [0.3, 0.4) is 0 Å². The molecule has 1 heterocycles. The van der Waals surface area contributed by atoms with Crippen LogP contribution in [0.5, 0.6) is 17.2 Å². The van der Waals surface area contributed by atoms with Crippen molar-refractivity contribution in [1.29, 1.82) is 0 Å². The van der Waals surface area contributed by atoms with Crippen LogP contribution < -0.4 is 24.8 Å². The predicted molar refractivity (Wildman–Crippen MR) is 91.0 cm³/mol. The van der Waals surface area contributed by atoms with Crippen molar-refractivity contribution in [1.82, 2.24) is 5.32 Å². The van der Waals surface area contributed by atoms with Crippen molar-refractivity contribution < 1.29 is 19.0 Å². The molecule has 2 aromatic carbocycles. The summed E-state index contributed by atoms with van der Waals surface area (Å²) in [6.07, 6.45) is 0. The number of ether oxygens (including phenoxy) is 3. The Morgan fingerprint density at radius 1 is 1.08 bits per heavy atom. The second kappa shape index (κ2) is 7.12. The summed E-state index contributed by atoms with van der Waals surface area (Å²) in [7, 11) is 1.60. The monoisotopic (exact) mass is 328 g/mol. The maximum atomic E-state index is 12.1. The molecule has 2 aromatic rings. The van der Waals surface area contributed by atoms with Crippen molar-refractivity contribution in [2.45, 2.75) is 13.0 Å². The molecule has 1 atom stereocenters. The van der Waals surface area contributed by atoms with Crippen LogP contribution in [-0.2, 0) is 0 Å². The van der Waals surface area contributed by atoms with Gasteiger partial charge in [-0.2, -0.15) is 0 Å². The summed E-state index contributed by atoms with van der Waals surface area (Å²) in [5.41, 5.74) is 1.65. The molecule has 0 bridgehead atoms. The highest BCUT2D eigenvalue weighted by Gasteiger charge is 2.15. The molecule has 1 aliphatic rings. The topological polar surface area (TPSA) is 68.8 Å². The van der Waals surface area contributed by atoms with Gasteiger partial charge in [-0.1, -0.05) is 6.07 Å². The Labute approximate surface area is 140 Å². The van der Waals surface area contributed by atoms with Gasteiger partial charge in [0.15, 0.2) is 11.5 Å². The number of hydrogen-bond donors (Lipinski definition) is 2. The molecular formula is C18H20N2O4. The van der Waals surface area contributed by atoms with Crippen molar-refractivity contribution in [3.05, 3.63) is 48.0 Å². The minimum absolute atomic E-state index is 0.168. The zero-order chi connectivity index (χ0) is 16.9. The fourth-order valence-electron chi connectivity index (χ4n) is 2.45. The smallest absolute Gasteiger partial charge is 0.319 e. The zero-order valence-electron chi connectivity index (χ0n) is 13.7. The lowest BCUT2D eigenvalue weighted by Crippen LogP contribution is -2.31. The van der Waals surface area contributed by atoms with E-state index in [0.717, 1.165) is 17.1 Å². The van der Waals surface area contributed by atoms with Crippen molar-refractivity contribution >= 4 is 11.7 Å². The molecular weight excluding hydrogens is 308 g/mol. The summed E-state index contributed by atoms with van der Waals surface area (Å²) in [5, 5.41) is 5.70. The third-order valence-electron chi connectivity index (χ3n) is 3.76. The second-order valence-electron chi connectivity index (χ2n) is 5.45. The number of nitrogens with one attached hydrogen (secondary N) is 2. The number of hydrogen-bond acceptors (Lipinski definition) is 4. The van der Waals surface area contributed by atoms with E-state index in [9.17, 15) is 4.79 Å². The van der Waals surface area contributed by atoms with Crippen molar-refractivity contribution in [2.24, 2.45) is 0 Å². The standard InChI is InChI=1S/C18H20N2O4/c1-12(13-3-8-16-17(11-13)24-10-9-23-16)19-18(21)20-14-4-6-15(22-2)7-5-14/h3-8,11-12H,9-10H2,1-2H3,(H2,19,20,21). The molecule has 0 aromatic heterocycles. The Kier molecular flexibility index (Phi) is 4.74. The number of carbonyl (C=O) groups is 1. The Balaban J connectivity index is 1.61. The van der Waals surface area contributed by atoms with Crippen LogP contribution >= 0.6 is 0 Å². The van der Waals surface area contributed by atoms with E-state index in [-0.39, 0.29) is 12.1 Å². The number of amides is 2. The second-order valence-corrected chi connectivity index (χ2v) is 5.45. The van der Waals surface area contributed by atoms with Gasteiger partial charge in [0.25, 0.3) is 0 Å². The van der Waals surface area contributed by atoms with Gasteiger partial charge in [-0.3, -0.25) is 0 Å². The first-order valence-corrected chi connectivity index (χ1v) is 7.77. The first-order valence-electron chi connectivity index (χ1n) is 7.77. The Bertz CT molecular complexity index is 715. The lowest BCUT2D eigenvalue weighted by atomic mass is 10.1. The summed E-state index contributed by atoms with van der Waals surface area (Å²) in [6, 6.07) is 12.4. The summed E-state index contributed by atoms with van der Waals surface area (Å²) >= 11 is 0. The number of methoxy groups -OCH3 is 1. The molecule has 6 nitrogen and oxygen atoms in total. The minimum atomic E-state index is -0.275. The van der Waals surface area contributed by atoms with Crippen LogP contribution in [0, 0.1) is 0 Å². The SMILES string of the molecule is COc1ccc(NC(=O)NC(C)c2ccc3c(c2)OCCO3)cc1. The molecule has 2 amide bonds. The Morgan fingerprint density at radius 3 is 2.50 bits per heavy atom. The summed E-state index contributed by atoms with van der Waals surface area (Å²) in [5.74, 6) is 2.19. The van der Waals surface area contributed by atoms with Crippen LogP contribution in [0.2, 0.25) is 0 Å². The fraction of sp³-hybridized carbons (Fsp3) is 0.278. The van der Waals surface area contributed by atoms with Gasteiger partial charge in [0.1, 0.15) is 19.0 Å². The molecule has 3 rings (SSSR count). The van der Waals surface area contributed by atoms with E-state index in [0.29, 0.717) is 24.7 Å². The number of benzene rings is 2. The summed E-state index contributed by atoms with van der Waals surface area (Å²) < 4.78 is 16.2. The molecule has 0 radical (unpaired) electrons. The molecule has 126 valence electrons.